The summed E-state index contributed by atoms with van der Waals surface area (Å²) in [5.74, 6) is -1.26. The summed E-state index contributed by atoms with van der Waals surface area (Å²) in [5.41, 5.74) is 7.84. The second kappa shape index (κ2) is 8.53. The number of nitrogens with zero attached hydrogens (tertiary/aromatic N) is 2. The number of pyridine rings is 1. The van der Waals surface area contributed by atoms with Crippen LogP contribution in [0.5, 0.6) is 0 Å². The van der Waals surface area contributed by atoms with Crippen LogP contribution < -0.4 is 21.3 Å². The second-order valence-corrected chi connectivity index (χ2v) is 8.29. The Bertz CT molecular complexity index is 1090. The molecule has 158 valence electrons. The maximum atomic E-state index is 14.5. The van der Waals surface area contributed by atoms with Gasteiger partial charge < -0.3 is 21.3 Å². The van der Waals surface area contributed by atoms with E-state index in [1.807, 2.05) is 24.0 Å². The molecule has 9 heteroatoms. The number of piperazine rings is 1. The highest BCUT2D eigenvalue weighted by molar-refractivity contribution is 7.21. The minimum Gasteiger partial charge on any atom is -0.397 e. The van der Waals surface area contributed by atoms with E-state index in [-0.39, 0.29) is 30.1 Å². The topological polar surface area (TPSA) is 83.3 Å². The third-order valence-corrected chi connectivity index (χ3v) is 6.31. The number of nitrogens with one attached hydrogen (secondary N) is 2. The fraction of sp³-hybridized carbons (Fsp3) is 0.333. The van der Waals surface area contributed by atoms with E-state index in [0.29, 0.717) is 28.5 Å². The van der Waals surface area contributed by atoms with E-state index in [1.165, 1.54) is 23.5 Å². The Morgan fingerprint density at radius 3 is 2.80 bits per heavy atom. The second-order valence-electron chi connectivity index (χ2n) is 7.29. The number of benzene rings is 1. The monoisotopic (exact) mass is 431 g/mol. The number of nitrogens with two attached hydrogens (primary N) is 1. The molecule has 4 rings (SSSR count). The van der Waals surface area contributed by atoms with Crippen LogP contribution in [0.15, 0.2) is 24.3 Å². The summed E-state index contributed by atoms with van der Waals surface area (Å²) < 4.78 is 29.1. The average molecular weight is 432 g/mol. The van der Waals surface area contributed by atoms with Gasteiger partial charge in [-0.25, -0.2) is 13.8 Å². The Labute approximate surface area is 177 Å². The molecule has 1 aromatic carbocycles. The van der Waals surface area contributed by atoms with Crippen LogP contribution in [0.1, 0.15) is 20.9 Å². The molecule has 30 heavy (non-hydrogen) atoms. The molecule has 6 nitrogen and oxygen atoms in total. The van der Waals surface area contributed by atoms with E-state index in [9.17, 15) is 13.6 Å². The first kappa shape index (κ1) is 20.5. The third kappa shape index (κ3) is 4.08. The molecular formula is C21H23F2N5OS. The highest BCUT2D eigenvalue weighted by atomic mass is 32.1. The molecule has 2 aromatic heterocycles. The lowest BCUT2D eigenvalue weighted by Gasteiger charge is -2.30. The number of nitrogen functional groups attached to an aromatic ring is 1. The zero-order valence-electron chi connectivity index (χ0n) is 16.6. The molecule has 0 unspecified atom stereocenters. The number of hydrogen-bond donors (Lipinski definition) is 3. The summed E-state index contributed by atoms with van der Waals surface area (Å²) >= 11 is 1.22. The van der Waals surface area contributed by atoms with Crippen molar-refractivity contribution < 1.29 is 13.6 Å². The molecule has 0 bridgehead atoms. The van der Waals surface area contributed by atoms with Gasteiger partial charge in [0, 0.05) is 49.9 Å². The standard InChI is InChI=1S/C21H23F2N5OS/c1-12-2-3-14-18(24)19(30-21(14)27-12)20(29)26-5-4-13-10-16(23)17(11-15(13)22)28-8-6-25-7-9-28/h2-3,10-11,25H,4-9,24H2,1H3,(H,26,29). The third-order valence-electron chi connectivity index (χ3n) is 5.19. The van der Waals surface area contributed by atoms with Gasteiger partial charge in [-0.2, -0.15) is 0 Å². The van der Waals surface area contributed by atoms with Crippen molar-refractivity contribution in [2.75, 3.05) is 43.4 Å². The molecule has 3 heterocycles. The SMILES string of the molecule is Cc1ccc2c(N)c(C(=O)NCCc3cc(F)c(N4CCNCC4)cc3F)sc2n1. The van der Waals surface area contributed by atoms with Crippen molar-refractivity contribution in [1.82, 2.24) is 15.6 Å². The van der Waals surface area contributed by atoms with Gasteiger partial charge in [-0.15, -0.1) is 11.3 Å². The van der Waals surface area contributed by atoms with Gasteiger partial charge >= 0.3 is 0 Å². The van der Waals surface area contributed by atoms with Gasteiger partial charge in [0.2, 0.25) is 0 Å². The lowest BCUT2D eigenvalue weighted by molar-refractivity contribution is 0.0959. The number of carbonyl (C=O) groups is 1. The highest BCUT2D eigenvalue weighted by Gasteiger charge is 2.19. The van der Waals surface area contributed by atoms with Crippen molar-refractivity contribution in [3.8, 4) is 0 Å². The van der Waals surface area contributed by atoms with Crippen molar-refractivity contribution >= 4 is 38.8 Å². The van der Waals surface area contributed by atoms with Crippen LogP contribution >= 0.6 is 11.3 Å². The van der Waals surface area contributed by atoms with Gasteiger partial charge in [-0.1, -0.05) is 0 Å². The highest BCUT2D eigenvalue weighted by Crippen LogP contribution is 2.32. The molecule has 0 saturated carbocycles. The number of aryl methyl sites for hydroxylation is 1. The van der Waals surface area contributed by atoms with E-state index in [1.54, 1.807) is 0 Å². The summed E-state index contributed by atoms with van der Waals surface area (Å²) in [7, 11) is 0. The van der Waals surface area contributed by atoms with Gasteiger partial charge in [0.1, 0.15) is 21.3 Å². The van der Waals surface area contributed by atoms with Crippen LogP contribution in [0.25, 0.3) is 10.2 Å². The number of rotatable bonds is 5. The van der Waals surface area contributed by atoms with Crippen molar-refractivity contribution in [3.63, 3.8) is 0 Å². The molecule has 3 aromatic rings. The smallest absolute Gasteiger partial charge is 0.263 e. The van der Waals surface area contributed by atoms with Crippen molar-refractivity contribution in [1.29, 1.82) is 0 Å². The summed E-state index contributed by atoms with van der Waals surface area (Å²) in [5, 5.41) is 6.67. The zero-order chi connectivity index (χ0) is 21.3. The molecule has 0 atom stereocenters. The Morgan fingerprint density at radius 1 is 1.27 bits per heavy atom. The molecule has 1 aliphatic rings. The number of halogens is 2. The molecule has 1 saturated heterocycles. The van der Waals surface area contributed by atoms with Crippen molar-refractivity contribution in [2.24, 2.45) is 0 Å². The predicted molar refractivity (Wildman–Crippen MR) is 116 cm³/mol. The quantitative estimate of drug-likeness (QED) is 0.579. The van der Waals surface area contributed by atoms with Gasteiger partial charge in [0.05, 0.1) is 11.4 Å². The fourth-order valence-electron chi connectivity index (χ4n) is 3.57. The summed E-state index contributed by atoms with van der Waals surface area (Å²) in [6, 6.07) is 6.15. The largest absolute Gasteiger partial charge is 0.397 e. The van der Waals surface area contributed by atoms with Gasteiger partial charge in [0.25, 0.3) is 5.91 Å². The number of hydrogen-bond acceptors (Lipinski definition) is 6. The maximum absolute atomic E-state index is 14.5. The van der Waals surface area contributed by atoms with Crippen LogP contribution in [0, 0.1) is 18.6 Å². The van der Waals surface area contributed by atoms with E-state index in [4.69, 9.17) is 5.73 Å². The molecule has 0 radical (unpaired) electrons. The normalized spacial score (nSPS) is 14.3. The van der Waals surface area contributed by atoms with Crippen molar-refractivity contribution in [3.05, 3.63) is 52.0 Å². The van der Waals surface area contributed by atoms with Gasteiger partial charge in [-0.05, 0) is 37.1 Å². The molecule has 0 spiro atoms. The zero-order valence-corrected chi connectivity index (χ0v) is 17.4. The van der Waals surface area contributed by atoms with Crippen molar-refractivity contribution in [2.45, 2.75) is 13.3 Å². The average Bonchev–Trinajstić information content (AvgIpc) is 3.06. The molecule has 1 fully saturated rings. The summed E-state index contributed by atoms with van der Waals surface area (Å²) in [6.07, 6.45) is 0.179. The van der Waals surface area contributed by atoms with E-state index in [2.05, 4.69) is 15.6 Å². The Hall–Kier alpha value is -2.78. The first-order chi connectivity index (χ1) is 14.4. The number of aromatic nitrogens is 1. The number of anilines is 2. The molecule has 1 amide bonds. The number of amides is 1. The van der Waals surface area contributed by atoms with Crippen LogP contribution in [0.4, 0.5) is 20.2 Å². The van der Waals surface area contributed by atoms with Gasteiger partial charge in [-0.3, -0.25) is 4.79 Å². The van der Waals surface area contributed by atoms with E-state index < -0.39 is 11.6 Å². The van der Waals surface area contributed by atoms with E-state index in [0.717, 1.165) is 24.2 Å². The molecule has 1 aliphatic heterocycles. The summed E-state index contributed by atoms with van der Waals surface area (Å²) in [6.45, 7) is 4.79. The van der Waals surface area contributed by atoms with Crippen LogP contribution in [-0.4, -0.2) is 43.6 Å². The lowest BCUT2D eigenvalue weighted by Crippen LogP contribution is -2.44. The Balaban J connectivity index is 1.42. The summed E-state index contributed by atoms with van der Waals surface area (Å²) in [4.78, 5) is 19.8. The number of fused-ring (bicyclic) bond motifs is 1. The Kier molecular flexibility index (Phi) is 5.83. The molecular weight excluding hydrogens is 408 g/mol. The first-order valence-electron chi connectivity index (χ1n) is 9.81. The molecule has 0 aliphatic carbocycles. The lowest BCUT2D eigenvalue weighted by atomic mass is 10.1. The van der Waals surface area contributed by atoms with Crippen LogP contribution in [-0.2, 0) is 6.42 Å². The predicted octanol–water partition coefficient (Wildman–Crippen LogP) is 2.85. The number of thiophene rings is 1. The van der Waals surface area contributed by atoms with Gasteiger partial charge in [0.15, 0.2) is 0 Å². The van der Waals surface area contributed by atoms with E-state index >= 15 is 0 Å². The Morgan fingerprint density at radius 2 is 2.03 bits per heavy atom. The van der Waals surface area contributed by atoms with Crippen LogP contribution in [0.2, 0.25) is 0 Å². The first-order valence-corrected chi connectivity index (χ1v) is 10.6. The van der Waals surface area contributed by atoms with Crippen LogP contribution in [0.3, 0.4) is 0 Å². The minimum absolute atomic E-state index is 0.169. The fourth-order valence-corrected chi connectivity index (χ4v) is 4.62. The number of carbonyl (C=O) groups excluding carboxylic acids is 1. The molecule has 4 N–H and O–H groups in total. The minimum atomic E-state index is -0.472. The maximum Gasteiger partial charge on any atom is 0.263 e.